The molecule has 1 heterocycles. The second kappa shape index (κ2) is 11.3. The van der Waals surface area contributed by atoms with Crippen LogP contribution in [0.15, 0.2) is 157 Å². The van der Waals surface area contributed by atoms with Crippen molar-refractivity contribution >= 4 is 48.7 Å². The summed E-state index contributed by atoms with van der Waals surface area (Å²) in [6.07, 6.45) is 6.42. The van der Waals surface area contributed by atoms with E-state index in [0.717, 1.165) is 26.2 Å². The maximum absolute atomic E-state index is 2.81. The zero-order chi connectivity index (χ0) is 31.6. The van der Waals surface area contributed by atoms with Crippen LogP contribution in [0.3, 0.4) is 0 Å². The van der Waals surface area contributed by atoms with Crippen LogP contribution in [0, 0.1) is 11.8 Å². The van der Waals surface area contributed by atoms with Gasteiger partial charge in [0.25, 0.3) is 0 Å². The third kappa shape index (κ3) is 4.48. The molecule has 2 nitrogen and oxygen atoms in total. The molecule has 1 aliphatic heterocycles. The van der Waals surface area contributed by atoms with Crippen LogP contribution in [0.25, 0.3) is 48.7 Å². The molecule has 2 unspecified atom stereocenters. The van der Waals surface area contributed by atoms with Crippen LogP contribution < -0.4 is 0 Å². The quantitative estimate of drug-likeness (QED) is 0.135. The molecule has 0 radical (unpaired) electrons. The maximum Gasteiger partial charge on any atom is 0.0863 e. The minimum Gasteiger partial charge on any atom is -0.279 e. The number of allylic oxidation sites excluding steroid dienone is 3. The topological polar surface area (TPSA) is 6.48 Å². The highest BCUT2D eigenvalue weighted by Crippen LogP contribution is 2.52. The lowest BCUT2D eigenvalue weighted by atomic mass is 9.88. The molecule has 0 amide bonds. The number of benzene rings is 7. The Hall–Kier alpha value is -5.02. The molecule has 0 aromatic heterocycles. The minimum absolute atomic E-state index is 0.218. The molecule has 2 bridgehead atoms. The van der Waals surface area contributed by atoms with E-state index in [1.54, 1.807) is 11.1 Å². The van der Waals surface area contributed by atoms with Gasteiger partial charge in [-0.05, 0) is 89.5 Å². The zero-order valence-electron chi connectivity index (χ0n) is 27.1. The Morgan fingerprint density at radius 1 is 0.458 bits per heavy atom. The molecular formula is C46H38N2. The van der Waals surface area contributed by atoms with Crippen molar-refractivity contribution in [2.45, 2.75) is 25.7 Å². The highest BCUT2D eigenvalue weighted by atomic mass is 15.4. The third-order valence-corrected chi connectivity index (χ3v) is 11.4. The number of fused-ring (bicyclic) bond motifs is 6. The summed E-state index contributed by atoms with van der Waals surface area (Å²) in [5.74, 6) is 0.973. The summed E-state index contributed by atoms with van der Waals surface area (Å²) in [6, 6.07) is 51.9. The summed E-state index contributed by atoms with van der Waals surface area (Å²) in [7, 11) is 0. The van der Waals surface area contributed by atoms with Gasteiger partial charge in [0.2, 0.25) is 0 Å². The number of hydrogen-bond donors (Lipinski definition) is 0. The molecule has 3 aliphatic rings. The van der Waals surface area contributed by atoms with Crippen molar-refractivity contribution < 1.29 is 0 Å². The normalized spacial score (nSPS) is 20.0. The van der Waals surface area contributed by atoms with Gasteiger partial charge >= 0.3 is 0 Å². The lowest BCUT2D eigenvalue weighted by Gasteiger charge is -2.36. The molecule has 0 spiro atoms. The summed E-state index contributed by atoms with van der Waals surface area (Å²) in [4.78, 5) is 5.63. The SMILES string of the molecule is C1=CC2CC1C(c1ccccc1)=C2C1N(Cc2c3ccccc3cc3ccccc23)CCN1Cc1c2ccccc2cc2ccccc12. The van der Waals surface area contributed by atoms with Gasteiger partial charge in [0.1, 0.15) is 0 Å². The highest BCUT2D eigenvalue weighted by Gasteiger charge is 2.45. The fraction of sp³-hybridized carbons (Fsp3) is 0.174. The van der Waals surface area contributed by atoms with Crippen LogP contribution in [0.5, 0.6) is 0 Å². The second-order valence-electron chi connectivity index (χ2n) is 14.0. The summed E-state index contributed by atoms with van der Waals surface area (Å²) < 4.78 is 0. The van der Waals surface area contributed by atoms with Crippen molar-refractivity contribution in [3.63, 3.8) is 0 Å². The Morgan fingerprint density at radius 2 is 0.875 bits per heavy atom. The first-order valence-corrected chi connectivity index (χ1v) is 17.5. The summed E-state index contributed by atoms with van der Waals surface area (Å²) in [5.41, 5.74) is 7.48. The van der Waals surface area contributed by atoms with Crippen LogP contribution >= 0.6 is 0 Å². The number of hydrogen-bond acceptors (Lipinski definition) is 2. The molecule has 7 aromatic carbocycles. The first-order valence-electron chi connectivity index (χ1n) is 17.5. The van der Waals surface area contributed by atoms with Gasteiger partial charge in [-0.3, -0.25) is 9.80 Å². The molecule has 10 rings (SSSR count). The van der Waals surface area contributed by atoms with Gasteiger partial charge in [-0.15, -0.1) is 0 Å². The Morgan fingerprint density at radius 3 is 1.35 bits per heavy atom. The van der Waals surface area contributed by atoms with Gasteiger partial charge < -0.3 is 0 Å². The van der Waals surface area contributed by atoms with E-state index in [1.165, 1.54) is 66.2 Å². The average Bonchev–Trinajstić information content (AvgIpc) is 3.87. The van der Waals surface area contributed by atoms with Crippen LogP contribution in [0.2, 0.25) is 0 Å². The van der Waals surface area contributed by atoms with E-state index in [9.17, 15) is 0 Å². The van der Waals surface area contributed by atoms with E-state index in [1.807, 2.05) is 0 Å². The summed E-state index contributed by atoms with van der Waals surface area (Å²) >= 11 is 0. The summed E-state index contributed by atoms with van der Waals surface area (Å²) in [6.45, 7) is 3.92. The molecule has 2 atom stereocenters. The fourth-order valence-corrected chi connectivity index (χ4v) is 9.31. The molecule has 48 heavy (non-hydrogen) atoms. The molecule has 1 saturated heterocycles. The first kappa shape index (κ1) is 28.0. The highest BCUT2D eigenvalue weighted by molar-refractivity contribution is 6.03. The van der Waals surface area contributed by atoms with E-state index in [0.29, 0.717) is 11.8 Å². The third-order valence-electron chi connectivity index (χ3n) is 11.4. The Bertz CT molecular complexity index is 2180. The molecule has 2 aliphatic carbocycles. The lowest BCUT2D eigenvalue weighted by Crippen LogP contribution is -2.41. The van der Waals surface area contributed by atoms with Crippen molar-refractivity contribution in [3.05, 3.63) is 174 Å². The fourth-order valence-electron chi connectivity index (χ4n) is 9.31. The van der Waals surface area contributed by atoms with Gasteiger partial charge in [-0.1, -0.05) is 140 Å². The molecule has 0 N–H and O–H groups in total. The molecule has 2 heteroatoms. The Balaban J connectivity index is 1.15. The predicted octanol–water partition coefficient (Wildman–Crippen LogP) is 10.6. The van der Waals surface area contributed by atoms with Crippen LogP contribution in [-0.2, 0) is 13.1 Å². The second-order valence-corrected chi connectivity index (χ2v) is 14.0. The molecule has 1 fully saturated rings. The van der Waals surface area contributed by atoms with Crippen molar-refractivity contribution in [3.8, 4) is 0 Å². The molecular weight excluding hydrogens is 581 g/mol. The summed E-state index contributed by atoms with van der Waals surface area (Å²) in [5, 5.41) is 10.8. The molecule has 7 aromatic rings. The minimum atomic E-state index is 0.218. The van der Waals surface area contributed by atoms with Gasteiger partial charge in [-0.25, -0.2) is 0 Å². The van der Waals surface area contributed by atoms with E-state index < -0.39 is 0 Å². The standard InChI is InChI=1S/C46H38N2/c1-2-12-31(13-3-1)44-36-22-23-37(28-36)45(44)46-47(29-42-38-18-8-4-14-32(38)26-33-15-5-9-19-39(33)42)24-25-48(46)30-43-40-20-10-6-16-34(40)27-35-17-7-11-21-41(35)43/h1-23,26-27,36-37,46H,24-25,28-30H2. The maximum atomic E-state index is 2.81. The zero-order valence-corrected chi connectivity index (χ0v) is 27.1. The van der Waals surface area contributed by atoms with Gasteiger partial charge in [0.15, 0.2) is 0 Å². The van der Waals surface area contributed by atoms with E-state index >= 15 is 0 Å². The Labute approximate surface area is 282 Å². The van der Waals surface area contributed by atoms with Crippen molar-refractivity contribution in [2.75, 3.05) is 13.1 Å². The molecule has 0 saturated carbocycles. The number of nitrogens with zero attached hydrogens (tertiary/aromatic N) is 2. The Kier molecular flexibility index (Phi) is 6.60. The largest absolute Gasteiger partial charge is 0.279 e. The first-order chi connectivity index (χ1) is 23.8. The monoisotopic (exact) mass is 618 g/mol. The van der Waals surface area contributed by atoms with Crippen molar-refractivity contribution in [2.24, 2.45) is 11.8 Å². The van der Waals surface area contributed by atoms with E-state index in [2.05, 4.69) is 161 Å². The van der Waals surface area contributed by atoms with Crippen molar-refractivity contribution in [1.82, 2.24) is 9.80 Å². The van der Waals surface area contributed by atoms with E-state index in [4.69, 9.17) is 0 Å². The van der Waals surface area contributed by atoms with Crippen LogP contribution in [0.4, 0.5) is 0 Å². The van der Waals surface area contributed by atoms with Crippen LogP contribution in [0.1, 0.15) is 23.1 Å². The smallest absolute Gasteiger partial charge is 0.0863 e. The van der Waals surface area contributed by atoms with Crippen LogP contribution in [-0.4, -0.2) is 29.1 Å². The van der Waals surface area contributed by atoms with Crippen molar-refractivity contribution in [1.29, 1.82) is 0 Å². The van der Waals surface area contributed by atoms with E-state index in [-0.39, 0.29) is 6.17 Å². The van der Waals surface area contributed by atoms with Gasteiger partial charge in [0, 0.05) is 38.0 Å². The van der Waals surface area contributed by atoms with Gasteiger partial charge in [-0.2, -0.15) is 0 Å². The molecule has 232 valence electrons. The predicted molar refractivity (Wildman–Crippen MR) is 202 cm³/mol. The number of rotatable bonds is 6. The lowest BCUT2D eigenvalue weighted by molar-refractivity contribution is 0.152. The average molecular weight is 619 g/mol. The van der Waals surface area contributed by atoms with Gasteiger partial charge in [0.05, 0.1) is 6.17 Å².